The lowest BCUT2D eigenvalue weighted by Gasteiger charge is -2.12. The van der Waals surface area contributed by atoms with E-state index >= 15 is 0 Å². The van der Waals surface area contributed by atoms with Gasteiger partial charge in [0, 0.05) is 12.7 Å². The Morgan fingerprint density at radius 2 is 2.24 bits per heavy atom. The molecule has 110 valence electrons. The van der Waals surface area contributed by atoms with Crippen LogP contribution in [0.3, 0.4) is 0 Å². The predicted molar refractivity (Wildman–Crippen MR) is 82.2 cm³/mol. The molecule has 1 amide bonds. The van der Waals surface area contributed by atoms with Gasteiger partial charge in [-0.1, -0.05) is 6.08 Å². The second-order valence-electron chi connectivity index (χ2n) is 4.75. The molecule has 0 radical (unpaired) electrons. The van der Waals surface area contributed by atoms with Gasteiger partial charge in [0.2, 0.25) is 0 Å². The molecule has 21 heavy (non-hydrogen) atoms. The largest absolute Gasteiger partial charge is 0.464 e. The highest BCUT2D eigenvalue weighted by Gasteiger charge is 2.10. The number of hydrogen-bond donors (Lipinski definition) is 2. The Balaban J connectivity index is 1.99. The topological polar surface area (TPSA) is 67.2 Å². The molecule has 2 aromatic heterocycles. The van der Waals surface area contributed by atoms with E-state index in [1.807, 2.05) is 26.0 Å². The van der Waals surface area contributed by atoms with E-state index in [0.29, 0.717) is 17.9 Å². The maximum Gasteiger partial charge on any atom is 0.253 e. The average molecular weight is 285 g/mol. The SMILES string of the molecule is C=CCNC(=O)c1ccc(NC(C)c2ccc(C)o2)nc1. The van der Waals surface area contributed by atoms with Crippen molar-refractivity contribution in [2.24, 2.45) is 0 Å². The molecule has 0 saturated heterocycles. The molecule has 1 unspecified atom stereocenters. The van der Waals surface area contributed by atoms with Crippen LogP contribution in [0, 0.1) is 6.92 Å². The van der Waals surface area contributed by atoms with E-state index in [-0.39, 0.29) is 11.9 Å². The van der Waals surface area contributed by atoms with Gasteiger partial charge in [0.05, 0.1) is 11.6 Å². The lowest BCUT2D eigenvalue weighted by atomic mass is 10.2. The van der Waals surface area contributed by atoms with Crippen LogP contribution >= 0.6 is 0 Å². The normalized spacial score (nSPS) is 11.7. The zero-order chi connectivity index (χ0) is 15.2. The number of nitrogens with one attached hydrogen (secondary N) is 2. The van der Waals surface area contributed by atoms with Crippen LogP contribution in [-0.2, 0) is 0 Å². The van der Waals surface area contributed by atoms with Crippen LogP contribution in [0.2, 0.25) is 0 Å². The van der Waals surface area contributed by atoms with E-state index in [1.165, 1.54) is 0 Å². The highest BCUT2D eigenvalue weighted by molar-refractivity contribution is 5.94. The molecule has 0 fully saturated rings. The van der Waals surface area contributed by atoms with Gasteiger partial charge in [-0.15, -0.1) is 6.58 Å². The third kappa shape index (κ3) is 3.95. The Morgan fingerprint density at radius 3 is 2.81 bits per heavy atom. The summed E-state index contributed by atoms with van der Waals surface area (Å²) in [6.07, 6.45) is 3.18. The van der Waals surface area contributed by atoms with Crippen molar-refractivity contribution in [3.8, 4) is 0 Å². The third-order valence-corrected chi connectivity index (χ3v) is 2.98. The van der Waals surface area contributed by atoms with Crippen molar-refractivity contribution in [1.82, 2.24) is 10.3 Å². The molecule has 2 rings (SSSR count). The van der Waals surface area contributed by atoms with Gasteiger partial charge in [0.25, 0.3) is 5.91 Å². The average Bonchev–Trinajstić information content (AvgIpc) is 2.92. The Morgan fingerprint density at radius 1 is 1.43 bits per heavy atom. The highest BCUT2D eigenvalue weighted by atomic mass is 16.3. The van der Waals surface area contributed by atoms with Crippen molar-refractivity contribution in [3.63, 3.8) is 0 Å². The quantitative estimate of drug-likeness (QED) is 0.800. The van der Waals surface area contributed by atoms with Crippen molar-refractivity contribution < 1.29 is 9.21 Å². The first-order chi connectivity index (χ1) is 10.1. The molecule has 0 saturated carbocycles. The van der Waals surface area contributed by atoms with Crippen LogP contribution in [0.1, 0.15) is 34.8 Å². The van der Waals surface area contributed by atoms with E-state index in [2.05, 4.69) is 22.2 Å². The Hall–Kier alpha value is -2.56. The van der Waals surface area contributed by atoms with Crippen molar-refractivity contribution >= 4 is 11.7 Å². The van der Waals surface area contributed by atoms with Crippen molar-refractivity contribution in [2.75, 3.05) is 11.9 Å². The predicted octanol–water partition coefficient (Wildman–Crippen LogP) is 3.07. The summed E-state index contributed by atoms with van der Waals surface area (Å²) in [5.41, 5.74) is 0.517. The number of nitrogens with zero attached hydrogens (tertiary/aromatic N) is 1. The van der Waals surface area contributed by atoms with Crippen LogP contribution in [0.4, 0.5) is 5.82 Å². The molecule has 2 heterocycles. The van der Waals surface area contributed by atoms with E-state index in [9.17, 15) is 4.79 Å². The van der Waals surface area contributed by atoms with Gasteiger partial charge in [-0.2, -0.15) is 0 Å². The van der Waals surface area contributed by atoms with E-state index in [4.69, 9.17) is 4.42 Å². The first-order valence-electron chi connectivity index (χ1n) is 6.78. The van der Waals surface area contributed by atoms with Crippen molar-refractivity contribution in [2.45, 2.75) is 19.9 Å². The van der Waals surface area contributed by atoms with Gasteiger partial charge < -0.3 is 15.1 Å². The molecule has 0 bridgehead atoms. The summed E-state index contributed by atoms with van der Waals surface area (Å²) in [6, 6.07) is 7.37. The molecule has 2 N–H and O–H groups in total. The molecule has 5 heteroatoms. The van der Waals surface area contributed by atoms with Gasteiger partial charge in [-0.3, -0.25) is 4.79 Å². The molecule has 0 spiro atoms. The lowest BCUT2D eigenvalue weighted by Crippen LogP contribution is -2.23. The number of amides is 1. The maximum absolute atomic E-state index is 11.7. The maximum atomic E-state index is 11.7. The summed E-state index contributed by atoms with van der Waals surface area (Å²) in [7, 11) is 0. The number of carbonyl (C=O) groups excluding carboxylic acids is 1. The fraction of sp³-hybridized carbons (Fsp3) is 0.250. The number of aryl methyl sites for hydroxylation is 1. The summed E-state index contributed by atoms with van der Waals surface area (Å²) >= 11 is 0. The number of pyridine rings is 1. The van der Waals surface area contributed by atoms with Gasteiger partial charge in [-0.05, 0) is 38.1 Å². The number of carbonyl (C=O) groups is 1. The zero-order valence-corrected chi connectivity index (χ0v) is 12.2. The van der Waals surface area contributed by atoms with Gasteiger partial charge in [0.15, 0.2) is 0 Å². The second kappa shape index (κ2) is 6.74. The number of aromatic nitrogens is 1. The van der Waals surface area contributed by atoms with Crippen LogP contribution in [0.5, 0.6) is 0 Å². The van der Waals surface area contributed by atoms with Crippen LogP contribution in [0.15, 0.2) is 47.5 Å². The number of furan rings is 1. The van der Waals surface area contributed by atoms with Crippen molar-refractivity contribution in [3.05, 3.63) is 60.2 Å². The van der Waals surface area contributed by atoms with Crippen molar-refractivity contribution in [1.29, 1.82) is 0 Å². The Kier molecular flexibility index (Phi) is 4.77. The molecule has 0 aliphatic rings. The molecule has 0 aliphatic carbocycles. The first kappa shape index (κ1) is 14.8. The second-order valence-corrected chi connectivity index (χ2v) is 4.75. The Bertz CT molecular complexity index is 617. The highest BCUT2D eigenvalue weighted by Crippen LogP contribution is 2.19. The molecule has 0 aliphatic heterocycles. The van der Waals surface area contributed by atoms with Gasteiger partial charge >= 0.3 is 0 Å². The minimum absolute atomic E-state index is 0.00615. The summed E-state index contributed by atoms with van der Waals surface area (Å²) in [6.45, 7) is 7.89. The summed E-state index contributed by atoms with van der Waals surface area (Å²) in [4.78, 5) is 16.0. The van der Waals surface area contributed by atoms with Crippen LogP contribution in [0.25, 0.3) is 0 Å². The minimum atomic E-state index is -0.163. The number of hydrogen-bond acceptors (Lipinski definition) is 4. The van der Waals surface area contributed by atoms with E-state index < -0.39 is 0 Å². The lowest BCUT2D eigenvalue weighted by molar-refractivity contribution is 0.0957. The monoisotopic (exact) mass is 285 g/mol. The summed E-state index contributed by atoms with van der Waals surface area (Å²) in [5, 5.41) is 5.93. The summed E-state index contributed by atoms with van der Waals surface area (Å²) in [5.74, 6) is 2.25. The molecule has 0 aromatic carbocycles. The molecule has 1 atom stereocenters. The smallest absolute Gasteiger partial charge is 0.253 e. The summed E-state index contributed by atoms with van der Waals surface area (Å²) < 4.78 is 5.56. The molecular formula is C16H19N3O2. The van der Waals surface area contributed by atoms with E-state index in [0.717, 1.165) is 11.5 Å². The number of rotatable bonds is 6. The van der Waals surface area contributed by atoms with E-state index in [1.54, 1.807) is 24.4 Å². The zero-order valence-electron chi connectivity index (χ0n) is 12.2. The number of anilines is 1. The molecule has 5 nitrogen and oxygen atoms in total. The fourth-order valence-corrected chi connectivity index (χ4v) is 1.86. The third-order valence-electron chi connectivity index (χ3n) is 2.98. The minimum Gasteiger partial charge on any atom is -0.464 e. The standard InChI is InChI=1S/C16H19N3O2/c1-4-9-17-16(20)13-6-8-15(18-10-13)19-12(3)14-7-5-11(2)21-14/h4-8,10,12H,1,9H2,2-3H3,(H,17,20)(H,18,19). The first-order valence-corrected chi connectivity index (χ1v) is 6.78. The molecular weight excluding hydrogens is 266 g/mol. The Labute approximate surface area is 124 Å². The van der Waals surface area contributed by atoms with Gasteiger partial charge in [0.1, 0.15) is 17.3 Å². The van der Waals surface area contributed by atoms with Crippen LogP contribution in [-0.4, -0.2) is 17.4 Å². The van der Waals surface area contributed by atoms with Gasteiger partial charge in [-0.25, -0.2) is 4.98 Å². The van der Waals surface area contributed by atoms with Crippen LogP contribution < -0.4 is 10.6 Å². The molecule has 2 aromatic rings. The fourth-order valence-electron chi connectivity index (χ4n) is 1.86.